The van der Waals surface area contributed by atoms with Crippen LogP contribution in [-0.2, 0) is 9.53 Å². The zero-order valence-corrected chi connectivity index (χ0v) is 18.3. The molecule has 29 heavy (non-hydrogen) atoms. The molecule has 1 fully saturated rings. The molecule has 1 aromatic rings. The van der Waals surface area contributed by atoms with Crippen LogP contribution in [0.25, 0.3) is 0 Å². The summed E-state index contributed by atoms with van der Waals surface area (Å²) in [6.07, 6.45) is 5.34. The maximum atomic E-state index is 14.8. The Morgan fingerprint density at radius 1 is 1.21 bits per heavy atom. The summed E-state index contributed by atoms with van der Waals surface area (Å²) in [6.45, 7) is 8.31. The molecule has 1 aliphatic carbocycles. The van der Waals surface area contributed by atoms with Gasteiger partial charge in [-0.15, -0.1) is 0 Å². The number of ether oxygens (including phenoxy) is 2. The molecule has 0 N–H and O–H groups in total. The van der Waals surface area contributed by atoms with Crippen LogP contribution in [0, 0.1) is 17.7 Å². The van der Waals surface area contributed by atoms with E-state index in [9.17, 15) is 14.0 Å². The number of unbranched alkanes of at least 4 members (excludes halogenated alkanes) is 1. The molecule has 6 heteroatoms. The number of esters is 1. The Hall–Kier alpha value is -2.11. The minimum absolute atomic E-state index is 0.00486. The predicted octanol–water partition coefficient (Wildman–Crippen LogP) is 5.36. The summed E-state index contributed by atoms with van der Waals surface area (Å²) in [6, 6.07) is 2.37. The minimum atomic E-state index is -0.615. The molecular weight excluding hydrogens is 373 g/mol. The van der Waals surface area contributed by atoms with Crippen LogP contribution in [0.5, 0.6) is 5.75 Å². The van der Waals surface area contributed by atoms with Crippen LogP contribution < -0.4 is 9.64 Å². The van der Waals surface area contributed by atoms with Crippen molar-refractivity contribution in [1.29, 1.82) is 0 Å². The fraction of sp³-hybridized carbons (Fsp3) is 0.652. The molecule has 0 spiro atoms. The molecular formula is C23H34FNO4. The average molecular weight is 408 g/mol. The second-order valence-electron chi connectivity index (χ2n) is 8.25. The van der Waals surface area contributed by atoms with Gasteiger partial charge < -0.3 is 14.4 Å². The van der Waals surface area contributed by atoms with Crippen molar-refractivity contribution in [2.75, 3.05) is 18.6 Å². The van der Waals surface area contributed by atoms with Gasteiger partial charge in [-0.3, -0.25) is 4.79 Å². The van der Waals surface area contributed by atoms with Gasteiger partial charge in [0.2, 0.25) is 5.91 Å². The highest BCUT2D eigenvalue weighted by Crippen LogP contribution is 2.35. The van der Waals surface area contributed by atoms with Crippen LogP contribution in [0.1, 0.15) is 76.6 Å². The summed E-state index contributed by atoms with van der Waals surface area (Å²) in [5, 5.41) is 0. The number of benzene rings is 1. The lowest BCUT2D eigenvalue weighted by Gasteiger charge is -2.34. The maximum absolute atomic E-state index is 14.8. The fourth-order valence-corrected chi connectivity index (χ4v) is 3.81. The molecule has 1 amide bonds. The second kappa shape index (κ2) is 10.6. The Kier molecular flexibility index (Phi) is 8.47. The van der Waals surface area contributed by atoms with E-state index in [1.54, 1.807) is 4.90 Å². The van der Waals surface area contributed by atoms with Gasteiger partial charge in [-0.25, -0.2) is 9.18 Å². The number of rotatable bonds is 8. The van der Waals surface area contributed by atoms with Crippen LogP contribution in [0.15, 0.2) is 12.1 Å². The fourth-order valence-electron chi connectivity index (χ4n) is 3.81. The highest BCUT2D eigenvalue weighted by molar-refractivity contribution is 6.04. The molecule has 0 saturated heterocycles. The van der Waals surface area contributed by atoms with Gasteiger partial charge in [-0.2, -0.15) is 0 Å². The molecule has 0 heterocycles. The molecule has 0 bridgehead atoms. The van der Waals surface area contributed by atoms with Crippen LogP contribution in [0.2, 0.25) is 0 Å². The lowest BCUT2D eigenvalue weighted by atomic mass is 9.82. The SMILES string of the molecule is CCCCOc1cc(C(=O)OC)c(N(C(=O)C2CCC(C)CC2)C(C)C)cc1F. The van der Waals surface area contributed by atoms with E-state index < -0.39 is 11.8 Å². The van der Waals surface area contributed by atoms with Crippen molar-refractivity contribution >= 4 is 17.6 Å². The number of carbonyl (C=O) groups excluding carboxylic acids is 2. The standard InChI is InChI=1S/C23H34FNO4/c1-6-7-12-29-21-13-18(23(27)28-5)20(14-19(21)24)25(15(2)3)22(26)17-10-8-16(4)9-11-17/h13-17H,6-12H2,1-5H3. The maximum Gasteiger partial charge on any atom is 0.340 e. The Morgan fingerprint density at radius 2 is 1.86 bits per heavy atom. The third kappa shape index (κ3) is 5.71. The molecule has 1 aliphatic rings. The van der Waals surface area contributed by atoms with Crippen molar-refractivity contribution in [3.63, 3.8) is 0 Å². The molecule has 1 saturated carbocycles. The first-order valence-electron chi connectivity index (χ1n) is 10.7. The van der Waals surface area contributed by atoms with E-state index in [1.807, 2.05) is 20.8 Å². The van der Waals surface area contributed by atoms with Gasteiger partial charge in [0.05, 0.1) is 25.0 Å². The average Bonchev–Trinajstić information content (AvgIpc) is 2.69. The number of anilines is 1. The number of carbonyl (C=O) groups is 2. The zero-order chi connectivity index (χ0) is 21.6. The van der Waals surface area contributed by atoms with E-state index >= 15 is 0 Å². The van der Waals surface area contributed by atoms with Crippen LogP contribution in [0.3, 0.4) is 0 Å². The summed E-state index contributed by atoms with van der Waals surface area (Å²) in [5.41, 5.74) is 0.391. The first-order chi connectivity index (χ1) is 13.8. The number of hydrogen-bond acceptors (Lipinski definition) is 4. The van der Waals surface area contributed by atoms with Crippen molar-refractivity contribution in [2.45, 2.75) is 72.3 Å². The van der Waals surface area contributed by atoms with Crippen molar-refractivity contribution in [3.05, 3.63) is 23.5 Å². The highest BCUT2D eigenvalue weighted by Gasteiger charge is 2.33. The van der Waals surface area contributed by atoms with Gasteiger partial charge in [0, 0.05) is 18.0 Å². The van der Waals surface area contributed by atoms with Crippen LogP contribution in [0.4, 0.5) is 10.1 Å². The van der Waals surface area contributed by atoms with Gasteiger partial charge in [-0.1, -0.05) is 20.3 Å². The summed E-state index contributed by atoms with van der Waals surface area (Å²) < 4.78 is 25.2. The normalized spacial score (nSPS) is 19.1. The molecule has 162 valence electrons. The van der Waals surface area contributed by atoms with Gasteiger partial charge in [-0.05, 0) is 57.9 Å². The Labute approximate surface area is 173 Å². The Morgan fingerprint density at radius 3 is 2.41 bits per heavy atom. The highest BCUT2D eigenvalue weighted by atomic mass is 19.1. The summed E-state index contributed by atoms with van der Waals surface area (Å²) in [4.78, 5) is 27.3. The Bertz CT molecular complexity index is 711. The van der Waals surface area contributed by atoms with Crippen molar-refractivity contribution in [3.8, 4) is 5.75 Å². The van der Waals surface area contributed by atoms with E-state index in [1.165, 1.54) is 19.2 Å². The minimum Gasteiger partial charge on any atom is -0.490 e. The summed E-state index contributed by atoms with van der Waals surface area (Å²) >= 11 is 0. The van der Waals surface area contributed by atoms with Crippen LogP contribution >= 0.6 is 0 Å². The topological polar surface area (TPSA) is 55.8 Å². The molecule has 0 aliphatic heterocycles. The quantitative estimate of drug-likeness (QED) is 0.430. The van der Waals surface area contributed by atoms with Gasteiger partial charge >= 0.3 is 5.97 Å². The third-order valence-electron chi connectivity index (χ3n) is 5.59. The second-order valence-corrected chi connectivity index (χ2v) is 8.25. The largest absolute Gasteiger partial charge is 0.490 e. The van der Waals surface area contributed by atoms with Crippen molar-refractivity contribution in [2.24, 2.45) is 11.8 Å². The first-order valence-corrected chi connectivity index (χ1v) is 10.7. The lowest BCUT2D eigenvalue weighted by Crippen LogP contribution is -2.43. The Balaban J connectivity index is 2.42. The first kappa shape index (κ1) is 23.2. The molecule has 5 nitrogen and oxygen atoms in total. The number of amides is 1. The predicted molar refractivity (Wildman–Crippen MR) is 112 cm³/mol. The van der Waals surface area contributed by atoms with Gasteiger partial charge in [0.1, 0.15) is 0 Å². The van der Waals surface area contributed by atoms with Gasteiger partial charge in [0.15, 0.2) is 11.6 Å². The number of methoxy groups -OCH3 is 1. The van der Waals surface area contributed by atoms with E-state index in [-0.39, 0.29) is 34.9 Å². The number of halogens is 1. The van der Waals surface area contributed by atoms with E-state index in [0.717, 1.165) is 38.5 Å². The third-order valence-corrected chi connectivity index (χ3v) is 5.59. The van der Waals surface area contributed by atoms with Gasteiger partial charge in [0.25, 0.3) is 0 Å². The molecule has 0 unspecified atom stereocenters. The monoisotopic (exact) mass is 407 g/mol. The molecule has 0 aromatic heterocycles. The summed E-state index contributed by atoms with van der Waals surface area (Å²) in [7, 11) is 1.27. The lowest BCUT2D eigenvalue weighted by molar-refractivity contribution is -0.123. The molecule has 0 atom stereocenters. The van der Waals surface area contributed by atoms with Crippen molar-refractivity contribution < 1.29 is 23.5 Å². The van der Waals surface area contributed by atoms with E-state index in [2.05, 4.69) is 6.92 Å². The molecule has 0 radical (unpaired) electrons. The number of hydrogen-bond donors (Lipinski definition) is 0. The zero-order valence-electron chi connectivity index (χ0n) is 18.3. The molecule has 1 aromatic carbocycles. The van der Waals surface area contributed by atoms with E-state index in [4.69, 9.17) is 9.47 Å². The van der Waals surface area contributed by atoms with Crippen LogP contribution in [-0.4, -0.2) is 31.6 Å². The summed E-state index contributed by atoms with van der Waals surface area (Å²) in [5.74, 6) is -0.742. The molecule has 2 rings (SSSR count). The smallest absolute Gasteiger partial charge is 0.340 e. The van der Waals surface area contributed by atoms with Crippen molar-refractivity contribution in [1.82, 2.24) is 0 Å². The number of nitrogens with zero attached hydrogens (tertiary/aromatic N) is 1. The van der Waals surface area contributed by atoms with E-state index in [0.29, 0.717) is 12.5 Å².